The van der Waals surface area contributed by atoms with E-state index in [-0.39, 0.29) is 22.4 Å². The number of hydrogen-bond donors (Lipinski definition) is 1. The Balaban J connectivity index is 1.38. The van der Waals surface area contributed by atoms with Gasteiger partial charge in [0.1, 0.15) is 0 Å². The number of piperidine rings is 1. The first kappa shape index (κ1) is 23.4. The first-order valence-corrected chi connectivity index (χ1v) is 11.6. The van der Waals surface area contributed by atoms with Gasteiger partial charge in [-0.2, -0.15) is 4.98 Å². The summed E-state index contributed by atoms with van der Waals surface area (Å²) in [5.74, 6) is 0.164. The van der Waals surface area contributed by atoms with Crippen molar-refractivity contribution in [3.8, 4) is 11.4 Å². The molecule has 0 bridgehead atoms. The van der Waals surface area contributed by atoms with Crippen LogP contribution in [0.15, 0.2) is 51.5 Å². The lowest BCUT2D eigenvalue weighted by atomic mass is 9.97. The molecule has 1 aliphatic heterocycles. The molecular formula is C23H22BrClN4O4. The molecular weight excluding hydrogens is 512 g/mol. The monoisotopic (exact) mass is 532 g/mol. The van der Waals surface area contributed by atoms with Crippen LogP contribution in [-0.2, 0) is 16.1 Å². The van der Waals surface area contributed by atoms with Gasteiger partial charge in [-0.1, -0.05) is 44.8 Å². The first-order chi connectivity index (χ1) is 15.9. The molecule has 0 saturated carbocycles. The van der Waals surface area contributed by atoms with Crippen LogP contribution in [0.1, 0.15) is 29.1 Å². The molecule has 33 heavy (non-hydrogen) atoms. The minimum atomic E-state index is -0.554. The van der Waals surface area contributed by atoms with Crippen LogP contribution in [0.3, 0.4) is 0 Å². The number of halogens is 2. The molecule has 1 aliphatic rings. The number of ether oxygens (including phenoxy) is 1. The van der Waals surface area contributed by atoms with Crippen LogP contribution in [0.5, 0.6) is 0 Å². The topological polar surface area (TPSA) is 97.6 Å². The van der Waals surface area contributed by atoms with Crippen LogP contribution in [0.25, 0.3) is 11.4 Å². The SMILES string of the molecule is COC(=O)c1cc(NC(=O)C2CCCN(Cc3nc(-c4cccc(Br)c4)no3)C2)ccc1Cl. The van der Waals surface area contributed by atoms with E-state index in [1.165, 1.54) is 13.2 Å². The third kappa shape index (κ3) is 5.79. The Morgan fingerprint density at radius 2 is 2.15 bits per heavy atom. The van der Waals surface area contributed by atoms with Gasteiger partial charge in [0.2, 0.25) is 17.6 Å². The Labute approximate surface area is 204 Å². The smallest absolute Gasteiger partial charge is 0.339 e. The number of benzene rings is 2. The van der Waals surface area contributed by atoms with Crippen LogP contribution in [-0.4, -0.2) is 47.1 Å². The number of anilines is 1. The van der Waals surface area contributed by atoms with Gasteiger partial charge in [-0.05, 0) is 49.7 Å². The van der Waals surface area contributed by atoms with Crippen molar-refractivity contribution >= 4 is 45.1 Å². The molecule has 0 aliphatic carbocycles. The number of methoxy groups -OCH3 is 1. The number of nitrogens with one attached hydrogen (secondary N) is 1. The molecule has 1 aromatic heterocycles. The van der Waals surface area contributed by atoms with E-state index in [4.69, 9.17) is 20.9 Å². The van der Waals surface area contributed by atoms with Crippen LogP contribution >= 0.6 is 27.5 Å². The van der Waals surface area contributed by atoms with Gasteiger partial charge in [0.15, 0.2) is 0 Å². The Morgan fingerprint density at radius 3 is 2.94 bits per heavy atom. The van der Waals surface area contributed by atoms with Crippen molar-refractivity contribution in [2.24, 2.45) is 5.92 Å². The third-order valence-corrected chi connectivity index (χ3v) is 6.25. The van der Waals surface area contributed by atoms with E-state index in [9.17, 15) is 9.59 Å². The molecule has 1 fully saturated rings. The van der Waals surface area contributed by atoms with Gasteiger partial charge < -0.3 is 14.6 Å². The molecule has 1 N–H and O–H groups in total. The van der Waals surface area contributed by atoms with Gasteiger partial charge >= 0.3 is 5.97 Å². The van der Waals surface area contributed by atoms with Crippen molar-refractivity contribution < 1.29 is 18.8 Å². The standard InChI is InChI=1S/C23H22BrClN4O4/c1-32-23(31)18-11-17(7-8-19(18)25)26-22(30)15-5-3-9-29(12-15)13-20-27-21(28-33-20)14-4-2-6-16(24)10-14/h2,4,6-8,10-11,15H,3,5,9,12-13H2,1H3,(H,26,30). The lowest BCUT2D eigenvalue weighted by Gasteiger charge is -2.30. The summed E-state index contributed by atoms with van der Waals surface area (Å²) in [6.07, 6.45) is 1.64. The third-order valence-electron chi connectivity index (χ3n) is 5.43. The summed E-state index contributed by atoms with van der Waals surface area (Å²) in [5.41, 5.74) is 1.57. The number of aromatic nitrogens is 2. The van der Waals surface area contributed by atoms with E-state index >= 15 is 0 Å². The Kier molecular flexibility index (Phi) is 7.42. The maximum atomic E-state index is 12.9. The number of hydrogen-bond acceptors (Lipinski definition) is 7. The van der Waals surface area contributed by atoms with Gasteiger partial charge in [-0.25, -0.2) is 4.79 Å². The van der Waals surface area contributed by atoms with Crippen molar-refractivity contribution in [2.45, 2.75) is 19.4 Å². The van der Waals surface area contributed by atoms with Crippen molar-refractivity contribution in [3.05, 3.63) is 63.4 Å². The molecule has 2 heterocycles. The van der Waals surface area contributed by atoms with Crippen molar-refractivity contribution in [2.75, 3.05) is 25.5 Å². The predicted molar refractivity (Wildman–Crippen MR) is 127 cm³/mol. The van der Waals surface area contributed by atoms with E-state index in [0.717, 1.165) is 29.4 Å². The number of amides is 1. The zero-order valence-corrected chi connectivity index (χ0v) is 20.2. The van der Waals surface area contributed by atoms with E-state index in [1.807, 2.05) is 24.3 Å². The average Bonchev–Trinajstić information content (AvgIpc) is 3.28. The highest BCUT2D eigenvalue weighted by Crippen LogP contribution is 2.25. The van der Waals surface area contributed by atoms with Crippen LogP contribution in [0, 0.1) is 5.92 Å². The fourth-order valence-electron chi connectivity index (χ4n) is 3.78. The second-order valence-electron chi connectivity index (χ2n) is 7.77. The summed E-state index contributed by atoms with van der Waals surface area (Å²) in [4.78, 5) is 31.4. The minimum absolute atomic E-state index is 0.113. The average molecular weight is 534 g/mol. The molecule has 10 heteroatoms. The van der Waals surface area contributed by atoms with Gasteiger partial charge in [0.25, 0.3) is 0 Å². The van der Waals surface area contributed by atoms with Crippen molar-refractivity contribution in [1.82, 2.24) is 15.0 Å². The molecule has 1 amide bonds. The highest BCUT2D eigenvalue weighted by molar-refractivity contribution is 9.10. The maximum Gasteiger partial charge on any atom is 0.339 e. The molecule has 4 rings (SSSR count). The Hall–Kier alpha value is -2.75. The molecule has 172 valence electrons. The predicted octanol–water partition coefficient (Wildman–Crippen LogP) is 4.79. The number of carbonyl (C=O) groups is 2. The molecule has 3 aromatic rings. The number of rotatable bonds is 6. The summed E-state index contributed by atoms with van der Waals surface area (Å²) in [6, 6.07) is 12.4. The molecule has 2 aromatic carbocycles. The highest BCUT2D eigenvalue weighted by Gasteiger charge is 2.27. The van der Waals surface area contributed by atoms with Gasteiger partial charge in [-0.3, -0.25) is 9.69 Å². The number of nitrogens with zero attached hydrogens (tertiary/aromatic N) is 3. The van der Waals surface area contributed by atoms with Crippen molar-refractivity contribution in [1.29, 1.82) is 0 Å². The van der Waals surface area contributed by atoms with Crippen LogP contribution in [0.4, 0.5) is 5.69 Å². The summed E-state index contributed by atoms with van der Waals surface area (Å²) in [5, 5.41) is 7.23. The quantitative estimate of drug-likeness (QED) is 0.455. The summed E-state index contributed by atoms with van der Waals surface area (Å²) in [6.45, 7) is 1.88. The Morgan fingerprint density at radius 1 is 1.30 bits per heavy atom. The fraction of sp³-hybridized carbons (Fsp3) is 0.304. The normalized spacial score (nSPS) is 16.4. The van der Waals surface area contributed by atoms with Crippen LogP contribution in [0.2, 0.25) is 5.02 Å². The highest BCUT2D eigenvalue weighted by atomic mass is 79.9. The Bertz CT molecular complexity index is 1170. The zero-order valence-electron chi connectivity index (χ0n) is 17.9. The summed E-state index contributed by atoms with van der Waals surface area (Å²) < 4.78 is 11.1. The maximum absolute atomic E-state index is 12.9. The van der Waals surface area contributed by atoms with E-state index in [2.05, 4.69) is 36.3 Å². The molecule has 1 saturated heterocycles. The minimum Gasteiger partial charge on any atom is -0.465 e. The number of likely N-dealkylation sites (tertiary alicyclic amines) is 1. The van der Waals surface area contributed by atoms with E-state index < -0.39 is 5.97 Å². The summed E-state index contributed by atoms with van der Waals surface area (Å²) in [7, 11) is 1.28. The lowest BCUT2D eigenvalue weighted by molar-refractivity contribution is -0.121. The molecule has 1 unspecified atom stereocenters. The first-order valence-electron chi connectivity index (χ1n) is 10.4. The van der Waals surface area contributed by atoms with E-state index in [1.54, 1.807) is 12.1 Å². The van der Waals surface area contributed by atoms with Crippen LogP contribution < -0.4 is 5.32 Å². The van der Waals surface area contributed by atoms with E-state index in [0.29, 0.717) is 30.5 Å². The lowest BCUT2D eigenvalue weighted by Crippen LogP contribution is -2.40. The van der Waals surface area contributed by atoms with Gasteiger partial charge in [0, 0.05) is 22.3 Å². The van der Waals surface area contributed by atoms with Gasteiger partial charge in [0.05, 0.1) is 30.2 Å². The van der Waals surface area contributed by atoms with Gasteiger partial charge in [-0.15, -0.1) is 0 Å². The zero-order chi connectivity index (χ0) is 23.4. The fourth-order valence-corrected chi connectivity index (χ4v) is 4.38. The molecule has 0 spiro atoms. The molecule has 8 nitrogen and oxygen atoms in total. The second-order valence-corrected chi connectivity index (χ2v) is 9.09. The number of esters is 1. The molecule has 1 atom stereocenters. The van der Waals surface area contributed by atoms with Crippen molar-refractivity contribution in [3.63, 3.8) is 0 Å². The number of carbonyl (C=O) groups excluding carboxylic acids is 2. The molecule has 0 radical (unpaired) electrons. The summed E-state index contributed by atoms with van der Waals surface area (Å²) >= 11 is 9.50. The largest absolute Gasteiger partial charge is 0.465 e. The second kappa shape index (κ2) is 10.5.